The van der Waals surface area contributed by atoms with E-state index in [1.54, 1.807) is 30.3 Å². The second-order valence-electron chi connectivity index (χ2n) is 7.09. The Labute approximate surface area is 185 Å². The van der Waals surface area contributed by atoms with Gasteiger partial charge in [-0.25, -0.2) is 5.43 Å². The number of nitrogens with zero attached hydrogens (tertiary/aromatic N) is 1. The van der Waals surface area contributed by atoms with E-state index in [1.807, 2.05) is 67.6 Å². The molecule has 1 heterocycles. The van der Waals surface area contributed by atoms with Crippen LogP contribution < -0.4 is 10.7 Å². The Morgan fingerprint density at radius 2 is 1.41 bits per heavy atom. The third-order valence-electron chi connectivity index (χ3n) is 4.86. The fraction of sp³-hybridized carbons (Fsp3) is 0.0385. The quantitative estimate of drug-likeness (QED) is 0.337. The number of carbonyl (C=O) groups excluding carboxylic acids is 2. The molecule has 0 aliphatic heterocycles. The zero-order chi connectivity index (χ0) is 22.3. The van der Waals surface area contributed by atoms with Crippen LogP contribution in [0.4, 0.5) is 5.69 Å². The summed E-state index contributed by atoms with van der Waals surface area (Å²) in [4.78, 5) is 25.2. The van der Waals surface area contributed by atoms with Crippen molar-refractivity contribution in [2.45, 2.75) is 6.92 Å². The van der Waals surface area contributed by atoms with Crippen molar-refractivity contribution in [3.8, 4) is 0 Å². The van der Waals surface area contributed by atoms with Crippen LogP contribution in [0, 0.1) is 6.92 Å². The first-order valence-electron chi connectivity index (χ1n) is 10.1. The Hall–Kier alpha value is -4.45. The largest absolute Gasteiger partial charge is 0.459 e. The molecule has 2 amide bonds. The van der Waals surface area contributed by atoms with Gasteiger partial charge < -0.3 is 9.73 Å². The second kappa shape index (κ2) is 9.57. The van der Waals surface area contributed by atoms with Gasteiger partial charge in [0.05, 0.1) is 12.0 Å². The minimum absolute atomic E-state index is 0.194. The van der Waals surface area contributed by atoms with Crippen LogP contribution in [-0.2, 0) is 0 Å². The maximum Gasteiger partial charge on any atom is 0.291 e. The van der Waals surface area contributed by atoms with Gasteiger partial charge in [-0.15, -0.1) is 0 Å². The molecule has 6 nitrogen and oxygen atoms in total. The van der Waals surface area contributed by atoms with E-state index in [0.717, 1.165) is 16.7 Å². The third kappa shape index (κ3) is 4.82. The number of benzene rings is 3. The topological polar surface area (TPSA) is 83.7 Å². The van der Waals surface area contributed by atoms with E-state index in [-0.39, 0.29) is 17.6 Å². The molecule has 0 saturated carbocycles. The van der Waals surface area contributed by atoms with E-state index in [4.69, 9.17) is 4.42 Å². The average molecular weight is 423 g/mol. The minimum Gasteiger partial charge on any atom is -0.459 e. The van der Waals surface area contributed by atoms with Crippen LogP contribution >= 0.6 is 0 Å². The Kier molecular flexibility index (Phi) is 6.22. The highest BCUT2D eigenvalue weighted by Crippen LogP contribution is 2.18. The fourth-order valence-corrected chi connectivity index (χ4v) is 3.15. The number of carbonyl (C=O) groups is 2. The molecule has 0 spiro atoms. The number of anilines is 1. The first-order chi connectivity index (χ1) is 15.6. The van der Waals surface area contributed by atoms with Crippen LogP contribution in [0.5, 0.6) is 0 Å². The third-order valence-corrected chi connectivity index (χ3v) is 4.86. The SMILES string of the molecule is Cc1ccc(C(=O)NN=C(c2ccccc2)c2ccccc2)cc1NC(=O)c1ccco1. The summed E-state index contributed by atoms with van der Waals surface area (Å²) in [5.41, 5.74) is 6.77. The molecule has 4 rings (SSSR count). The Balaban J connectivity index is 1.57. The predicted molar refractivity (Wildman–Crippen MR) is 124 cm³/mol. The van der Waals surface area contributed by atoms with Gasteiger partial charge in [-0.3, -0.25) is 9.59 Å². The molecular formula is C26H21N3O3. The molecule has 3 aromatic carbocycles. The van der Waals surface area contributed by atoms with Gasteiger partial charge >= 0.3 is 0 Å². The van der Waals surface area contributed by atoms with Gasteiger partial charge in [-0.1, -0.05) is 66.7 Å². The van der Waals surface area contributed by atoms with E-state index in [2.05, 4.69) is 15.8 Å². The standard InChI is InChI=1S/C26H21N3O3/c1-18-14-15-21(17-22(18)27-26(31)23-13-8-16-32-23)25(30)29-28-24(19-9-4-2-5-10-19)20-11-6-3-7-12-20/h2-17H,1H3,(H,27,31)(H,29,30). The number of hydrogen-bond acceptors (Lipinski definition) is 4. The van der Waals surface area contributed by atoms with Crippen molar-refractivity contribution in [1.29, 1.82) is 0 Å². The summed E-state index contributed by atoms with van der Waals surface area (Å²) in [6, 6.07) is 27.6. The lowest BCUT2D eigenvalue weighted by molar-refractivity contribution is 0.0952. The lowest BCUT2D eigenvalue weighted by atomic mass is 10.0. The van der Waals surface area contributed by atoms with E-state index >= 15 is 0 Å². The van der Waals surface area contributed by atoms with Gasteiger partial charge in [-0.05, 0) is 36.8 Å². The number of nitrogens with one attached hydrogen (secondary N) is 2. The van der Waals surface area contributed by atoms with Gasteiger partial charge in [0, 0.05) is 22.4 Å². The van der Waals surface area contributed by atoms with Crippen LogP contribution in [0.1, 0.15) is 37.6 Å². The number of amides is 2. The molecule has 158 valence electrons. The maximum absolute atomic E-state index is 12.8. The Morgan fingerprint density at radius 1 is 0.750 bits per heavy atom. The number of hydrazone groups is 1. The molecule has 0 atom stereocenters. The highest BCUT2D eigenvalue weighted by atomic mass is 16.3. The molecule has 6 heteroatoms. The highest BCUT2D eigenvalue weighted by molar-refractivity contribution is 6.13. The zero-order valence-corrected chi connectivity index (χ0v) is 17.4. The lowest BCUT2D eigenvalue weighted by Gasteiger charge is -2.10. The Bertz CT molecular complexity index is 1210. The molecular weight excluding hydrogens is 402 g/mol. The lowest BCUT2D eigenvalue weighted by Crippen LogP contribution is -2.21. The summed E-state index contributed by atoms with van der Waals surface area (Å²) in [5.74, 6) is -0.578. The summed E-state index contributed by atoms with van der Waals surface area (Å²) in [7, 11) is 0. The average Bonchev–Trinajstić information content (AvgIpc) is 3.37. The monoisotopic (exact) mass is 423 g/mol. The number of aryl methyl sites for hydroxylation is 1. The van der Waals surface area contributed by atoms with E-state index in [1.165, 1.54) is 6.26 Å². The molecule has 0 fully saturated rings. The molecule has 0 radical (unpaired) electrons. The van der Waals surface area contributed by atoms with Crippen LogP contribution in [0.3, 0.4) is 0 Å². The minimum atomic E-state index is -0.386. The summed E-state index contributed by atoms with van der Waals surface area (Å²) < 4.78 is 5.12. The molecule has 0 aliphatic carbocycles. The van der Waals surface area contributed by atoms with Crippen LogP contribution in [0.2, 0.25) is 0 Å². The molecule has 1 aromatic heterocycles. The van der Waals surface area contributed by atoms with Crippen LogP contribution in [-0.4, -0.2) is 17.5 Å². The Morgan fingerprint density at radius 3 is 2.00 bits per heavy atom. The number of rotatable bonds is 6. The predicted octanol–water partition coefficient (Wildman–Crippen LogP) is 5.02. The molecule has 0 unspecified atom stereocenters. The number of hydrogen-bond donors (Lipinski definition) is 2. The molecule has 2 N–H and O–H groups in total. The maximum atomic E-state index is 12.8. The summed E-state index contributed by atoms with van der Waals surface area (Å²) in [5, 5.41) is 7.18. The van der Waals surface area contributed by atoms with E-state index in [9.17, 15) is 9.59 Å². The smallest absolute Gasteiger partial charge is 0.291 e. The van der Waals surface area contributed by atoms with Crippen molar-refractivity contribution < 1.29 is 14.0 Å². The molecule has 0 saturated heterocycles. The van der Waals surface area contributed by atoms with Gasteiger partial charge in [0.1, 0.15) is 0 Å². The molecule has 32 heavy (non-hydrogen) atoms. The summed E-state index contributed by atoms with van der Waals surface area (Å²) in [6.45, 7) is 1.85. The second-order valence-corrected chi connectivity index (χ2v) is 7.09. The molecule has 4 aromatic rings. The molecule has 0 aliphatic rings. The van der Waals surface area contributed by atoms with Crippen molar-refractivity contribution in [2.24, 2.45) is 5.10 Å². The fourth-order valence-electron chi connectivity index (χ4n) is 3.15. The van der Waals surface area contributed by atoms with E-state index in [0.29, 0.717) is 17.0 Å². The van der Waals surface area contributed by atoms with Crippen molar-refractivity contribution in [3.05, 3.63) is 125 Å². The van der Waals surface area contributed by atoms with Crippen molar-refractivity contribution in [2.75, 3.05) is 5.32 Å². The summed E-state index contributed by atoms with van der Waals surface area (Å²) in [6.07, 6.45) is 1.43. The van der Waals surface area contributed by atoms with Crippen molar-refractivity contribution >= 4 is 23.2 Å². The van der Waals surface area contributed by atoms with Crippen molar-refractivity contribution in [3.63, 3.8) is 0 Å². The highest BCUT2D eigenvalue weighted by Gasteiger charge is 2.14. The summed E-state index contributed by atoms with van der Waals surface area (Å²) >= 11 is 0. The van der Waals surface area contributed by atoms with Gasteiger partial charge in [0.25, 0.3) is 11.8 Å². The van der Waals surface area contributed by atoms with Gasteiger partial charge in [-0.2, -0.15) is 5.10 Å². The van der Waals surface area contributed by atoms with Crippen molar-refractivity contribution in [1.82, 2.24) is 5.43 Å². The van der Waals surface area contributed by atoms with E-state index < -0.39 is 0 Å². The van der Waals surface area contributed by atoms with Gasteiger partial charge in [0.15, 0.2) is 5.76 Å². The first kappa shape index (κ1) is 20.8. The zero-order valence-electron chi connectivity index (χ0n) is 17.4. The van der Waals surface area contributed by atoms with Gasteiger partial charge in [0.2, 0.25) is 0 Å². The molecule has 0 bridgehead atoms. The number of furan rings is 1. The normalized spacial score (nSPS) is 10.3. The first-order valence-corrected chi connectivity index (χ1v) is 10.1. The van der Waals surface area contributed by atoms with Crippen LogP contribution in [0.15, 0.2) is 107 Å². The van der Waals surface area contributed by atoms with Crippen LogP contribution in [0.25, 0.3) is 0 Å².